The number of carbonyl (C=O) groups excluding carboxylic acids is 1. The van der Waals surface area contributed by atoms with Crippen LogP contribution in [0.4, 0.5) is 0 Å². The quantitative estimate of drug-likeness (QED) is 0.0877. The molecule has 224 valence electrons. The van der Waals surface area contributed by atoms with E-state index in [1.165, 1.54) is 0 Å². The van der Waals surface area contributed by atoms with Gasteiger partial charge in [0, 0.05) is 30.9 Å². The lowest BCUT2D eigenvalue weighted by Crippen LogP contribution is -2.45. The third-order valence-corrected chi connectivity index (χ3v) is 7.54. The highest BCUT2D eigenvalue weighted by atomic mass is 32.2. The van der Waals surface area contributed by atoms with Gasteiger partial charge in [0.15, 0.2) is 5.96 Å². The maximum Gasteiger partial charge on any atom is 0.239 e. The Labute approximate surface area is 243 Å². The van der Waals surface area contributed by atoms with E-state index in [0.717, 1.165) is 17.7 Å². The Bertz CT molecular complexity index is 1270. The van der Waals surface area contributed by atoms with Crippen molar-refractivity contribution in [1.29, 1.82) is 5.41 Å². The molecule has 0 spiro atoms. The number of nitrogens with one attached hydrogen (secondary N) is 3. The molecule has 0 bridgehead atoms. The van der Waals surface area contributed by atoms with Crippen LogP contribution in [0.3, 0.4) is 0 Å². The van der Waals surface area contributed by atoms with Crippen molar-refractivity contribution in [3.63, 3.8) is 0 Å². The topological polar surface area (TPSA) is 193 Å². The standard InChI is InChI=1S/C29H44N8O3S/c1-3-9-26(37(18-4-2)20-27(38)35-19-22-13-15-24(16-14-22)28(30)31)25(12-8-17-34-29(32)33)36-41(39,40)21-23-10-6-5-7-11-23/h5-7,9-11,13-16,25,36H,3-4,8,12,17-21H2,1-2H3,(H3,30,31)(H,35,38)(H4,32,33,34)/b26-9+/t25-/m1/s1. The molecular formula is C29H44N8O3S. The third kappa shape index (κ3) is 12.4. The zero-order chi connectivity index (χ0) is 30.3. The number of allylic oxidation sites excluding steroid dienone is 1. The summed E-state index contributed by atoms with van der Waals surface area (Å²) in [5, 5.41) is 10.5. The van der Waals surface area contributed by atoms with Crippen molar-refractivity contribution in [1.82, 2.24) is 14.9 Å². The first kappa shape index (κ1) is 33.3. The summed E-state index contributed by atoms with van der Waals surface area (Å²) in [7, 11) is -3.71. The van der Waals surface area contributed by atoms with Crippen molar-refractivity contribution in [3.05, 3.63) is 83.1 Å². The van der Waals surface area contributed by atoms with E-state index < -0.39 is 16.1 Å². The Morgan fingerprint density at radius 2 is 1.73 bits per heavy atom. The van der Waals surface area contributed by atoms with Crippen molar-refractivity contribution < 1.29 is 13.2 Å². The Kier molecular flexibility index (Phi) is 13.8. The van der Waals surface area contributed by atoms with Crippen LogP contribution in [-0.2, 0) is 27.1 Å². The molecule has 0 radical (unpaired) electrons. The van der Waals surface area contributed by atoms with E-state index in [1.54, 1.807) is 36.4 Å². The van der Waals surface area contributed by atoms with Crippen LogP contribution < -0.4 is 27.2 Å². The van der Waals surface area contributed by atoms with Crippen molar-refractivity contribution >= 4 is 27.7 Å². The summed E-state index contributed by atoms with van der Waals surface area (Å²) >= 11 is 0. The zero-order valence-corrected chi connectivity index (χ0v) is 24.8. The molecule has 1 amide bonds. The van der Waals surface area contributed by atoms with E-state index in [1.807, 2.05) is 43.0 Å². The Balaban J connectivity index is 2.23. The predicted molar refractivity (Wildman–Crippen MR) is 165 cm³/mol. The van der Waals surface area contributed by atoms with Gasteiger partial charge in [-0.25, -0.2) is 13.1 Å². The normalized spacial score (nSPS) is 12.4. The van der Waals surface area contributed by atoms with Gasteiger partial charge in [0.25, 0.3) is 0 Å². The molecule has 0 aliphatic rings. The van der Waals surface area contributed by atoms with Gasteiger partial charge in [-0.15, -0.1) is 0 Å². The van der Waals surface area contributed by atoms with Gasteiger partial charge in [-0.1, -0.05) is 74.5 Å². The fourth-order valence-corrected chi connectivity index (χ4v) is 5.71. The highest BCUT2D eigenvalue weighted by molar-refractivity contribution is 7.88. The average molecular weight is 585 g/mol. The van der Waals surface area contributed by atoms with E-state index in [4.69, 9.17) is 22.6 Å². The van der Waals surface area contributed by atoms with Crippen LogP contribution >= 0.6 is 0 Å². The first-order valence-corrected chi connectivity index (χ1v) is 15.4. The Hall–Kier alpha value is -3.90. The highest BCUT2D eigenvalue weighted by Gasteiger charge is 2.26. The number of amidine groups is 1. The van der Waals surface area contributed by atoms with Gasteiger partial charge in [0.2, 0.25) is 15.9 Å². The average Bonchev–Trinajstić information content (AvgIpc) is 2.92. The van der Waals surface area contributed by atoms with Gasteiger partial charge in [0.05, 0.1) is 18.3 Å². The number of nitrogens with zero attached hydrogens (tertiary/aromatic N) is 2. The van der Waals surface area contributed by atoms with E-state index in [2.05, 4.69) is 15.0 Å². The molecule has 2 aromatic carbocycles. The molecule has 0 saturated heterocycles. The summed E-state index contributed by atoms with van der Waals surface area (Å²) < 4.78 is 29.4. The second-order valence-electron chi connectivity index (χ2n) is 9.71. The van der Waals surface area contributed by atoms with Crippen molar-refractivity contribution in [2.24, 2.45) is 22.2 Å². The smallest absolute Gasteiger partial charge is 0.239 e. The number of hydrogen-bond donors (Lipinski definition) is 6. The number of hydrogen-bond acceptors (Lipinski definition) is 6. The maximum absolute atomic E-state index is 13.3. The van der Waals surface area contributed by atoms with E-state index in [9.17, 15) is 13.2 Å². The summed E-state index contributed by atoms with van der Waals surface area (Å²) in [6, 6.07) is 15.5. The molecule has 0 aliphatic carbocycles. The number of amides is 1. The molecule has 0 aliphatic heterocycles. The van der Waals surface area contributed by atoms with E-state index in [0.29, 0.717) is 50.0 Å². The van der Waals surface area contributed by atoms with E-state index in [-0.39, 0.29) is 30.0 Å². The van der Waals surface area contributed by atoms with Gasteiger partial charge < -0.3 is 27.4 Å². The number of benzene rings is 2. The number of carbonyl (C=O) groups is 1. The maximum atomic E-state index is 13.3. The Morgan fingerprint density at radius 3 is 2.32 bits per heavy atom. The summed E-state index contributed by atoms with van der Waals surface area (Å²) in [4.78, 5) is 19.0. The molecule has 2 aromatic rings. The lowest BCUT2D eigenvalue weighted by Gasteiger charge is -2.33. The minimum Gasteiger partial charge on any atom is -0.384 e. The summed E-state index contributed by atoms with van der Waals surface area (Å²) in [5.41, 5.74) is 19.4. The molecule has 9 N–H and O–H groups in total. The van der Waals surface area contributed by atoms with Gasteiger partial charge >= 0.3 is 0 Å². The molecule has 0 aromatic heterocycles. The minimum atomic E-state index is -3.71. The van der Waals surface area contributed by atoms with Crippen LogP contribution in [0.2, 0.25) is 0 Å². The number of nitrogen functional groups attached to an aromatic ring is 1. The fraction of sp³-hybridized carbons (Fsp3) is 0.414. The summed E-state index contributed by atoms with van der Waals surface area (Å²) in [6.45, 7) is 5.29. The SMILES string of the molecule is CC/C=C(\[C@@H](CCCN=C(N)N)NS(=O)(=O)Cc1ccccc1)N(CCC)CC(=O)NCc1ccc(C(=N)N)cc1. The summed E-state index contributed by atoms with van der Waals surface area (Å²) in [5.74, 6) is -0.384. The molecule has 1 atom stereocenters. The molecule has 11 nitrogen and oxygen atoms in total. The summed E-state index contributed by atoms with van der Waals surface area (Å²) in [6.07, 6.45) is 4.38. The second kappa shape index (κ2) is 17.0. The first-order valence-electron chi connectivity index (χ1n) is 13.8. The van der Waals surface area contributed by atoms with Gasteiger partial charge in [0.1, 0.15) is 5.84 Å². The number of guanidine groups is 1. The number of nitrogens with two attached hydrogens (primary N) is 3. The van der Waals surface area contributed by atoms with Crippen molar-refractivity contribution in [3.8, 4) is 0 Å². The van der Waals surface area contributed by atoms with Crippen LogP contribution in [0.5, 0.6) is 0 Å². The van der Waals surface area contributed by atoms with Crippen molar-refractivity contribution in [2.75, 3.05) is 19.6 Å². The fourth-order valence-electron chi connectivity index (χ4n) is 4.33. The molecule has 0 unspecified atom stereocenters. The first-order chi connectivity index (χ1) is 19.5. The Morgan fingerprint density at radius 1 is 1.05 bits per heavy atom. The molecule has 0 saturated carbocycles. The van der Waals surface area contributed by atoms with Crippen LogP contribution in [0.25, 0.3) is 0 Å². The van der Waals surface area contributed by atoms with Crippen LogP contribution in [0.15, 0.2) is 71.4 Å². The molecular weight excluding hydrogens is 540 g/mol. The third-order valence-electron chi connectivity index (χ3n) is 6.18. The molecule has 0 heterocycles. The lowest BCUT2D eigenvalue weighted by molar-refractivity contribution is -0.122. The highest BCUT2D eigenvalue weighted by Crippen LogP contribution is 2.19. The number of sulfonamides is 1. The predicted octanol–water partition coefficient (Wildman–Crippen LogP) is 2.13. The van der Waals surface area contributed by atoms with Crippen molar-refractivity contribution in [2.45, 2.75) is 57.9 Å². The molecule has 2 rings (SSSR count). The number of rotatable bonds is 18. The monoisotopic (exact) mass is 584 g/mol. The second-order valence-corrected chi connectivity index (χ2v) is 11.5. The molecule has 12 heteroatoms. The molecule has 41 heavy (non-hydrogen) atoms. The number of aliphatic imine (C=N–C) groups is 1. The van der Waals surface area contributed by atoms with Crippen LogP contribution in [0.1, 0.15) is 56.2 Å². The van der Waals surface area contributed by atoms with Gasteiger partial charge in [-0.3, -0.25) is 15.2 Å². The van der Waals surface area contributed by atoms with E-state index >= 15 is 0 Å². The van der Waals surface area contributed by atoms with Gasteiger partial charge in [-0.05, 0) is 36.8 Å². The van der Waals surface area contributed by atoms with Gasteiger partial charge in [-0.2, -0.15) is 0 Å². The zero-order valence-electron chi connectivity index (χ0n) is 24.0. The van der Waals surface area contributed by atoms with Crippen LogP contribution in [0, 0.1) is 5.41 Å². The minimum absolute atomic E-state index is 0.0155. The lowest BCUT2D eigenvalue weighted by atomic mass is 10.1. The largest absolute Gasteiger partial charge is 0.384 e. The van der Waals surface area contributed by atoms with Crippen LogP contribution in [-0.4, -0.2) is 56.7 Å². The molecule has 0 fully saturated rings.